The maximum atomic E-state index is 5.17. The molecule has 3 unspecified atom stereocenters. The van der Waals surface area contributed by atoms with Crippen LogP contribution in [-0.2, 0) is 4.74 Å². The molecule has 0 spiro atoms. The van der Waals surface area contributed by atoms with Gasteiger partial charge in [0.15, 0.2) is 0 Å². The van der Waals surface area contributed by atoms with Crippen LogP contribution in [0.2, 0.25) is 0 Å². The summed E-state index contributed by atoms with van der Waals surface area (Å²) in [7, 11) is 1.78. The number of methoxy groups -OCH3 is 1. The summed E-state index contributed by atoms with van der Waals surface area (Å²) in [4.78, 5) is 0. The summed E-state index contributed by atoms with van der Waals surface area (Å²) in [6.45, 7) is 8.98. The van der Waals surface area contributed by atoms with E-state index >= 15 is 0 Å². The van der Waals surface area contributed by atoms with Crippen LogP contribution in [0.25, 0.3) is 0 Å². The molecule has 0 aromatic rings. The Kier molecular flexibility index (Phi) is 5.05. The lowest BCUT2D eigenvalue weighted by Gasteiger charge is -2.27. The van der Waals surface area contributed by atoms with Crippen molar-refractivity contribution >= 4 is 0 Å². The average Bonchev–Trinajstić information content (AvgIpc) is 2.91. The first-order valence-electron chi connectivity index (χ1n) is 7.55. The number of fused-ring (bicyclic) bond motifs is 1. The molecule has 2 N–H and O–H groups in total. The molecule has 18 heavy (non-hydrogen) atoms. The van der Waals surface area contributed by atoms with Gasteiger partial charge >= 0.3 is 0 Å². The van der Waals surface area contributed by atoms with Crippen LogP contribution in [0.3, 0.4) is 0 Å². The molecule has 0 radical (unpaired) electrons. The Bertz CT molecular complexity index is 255. The fourth-order valence-corrected chi connectivity index (χ4v) is 3.56. The van der Waals surface area contributed by atoms with Crippen LogP contribution in [0.1, 0.15) is 39.5 Å². The predicted octanol–water partition coefficient (Wildman–Crippen LogP) is 2.03. The van der Waals surface area contributed by atoms with E-state index in [0.29, 0.717) is 5.41 Å². The molecule has 0 amide bonds. The van der Waals surface area contributed by atoms with Crippen LogP contribution in [0, 0.1) is 17.3 Å². The Morgan fingerprint density at radius 3 is 2.94 bits per heavy atom. The average molecular weight is 254 g/mol. The molecule has 1 saturated carbocycles. The first-order chi connectivity index (χ1) is 8.62. The van der Waals surface area contributed by atoms with Crippen LogP contribution in [-0.4, -0.2) is 39.4 Å². The van der Waals surface area contributed by atoms with Crippen molar-refractivity contribution in [1.29, 1.82) is 0 Å². The van der Waals surface area contributed by atoms with Crippen molar-refractivity contribution in [3.05, 3.63) is 0 Å². The third kappa shape index (κ3) is 3.69. The Labute approximate surface area is 112 Å². The van der Waals surface area contributed by atoms with Crippen molar-refractivity contribution in [2.24, 2.45) is 17.3 Å². The van der Waals surface area contributed by atoms with Gasteiger partial charge in [0.25, 0.3) is 0 Å². The normalized spacial score (nSPS) is 31.8. The van der Waals surface area contributed by atoms with Gasteiger partial charge in [0.05, 0.1) is 0 Å². The largest absolute Gasteiger partial charge is 0.385 e. The summed E-state index contributed by atoms with van der Waals surface area (Å²) in [6, 6.07) is 0.718. The van der Waals surface area contributed by atoms with Gasteiger partial charge in [0, 0.05) is 32.8 Å². The molecule has 2 rings (SSSR count). The van der Waals surface area contributed by atoms with E-state index in [1.54, 1.807) is 7.11 Å². The Hall–Kier alpha value is -0.120. The van der Waals surface area contributed by atoms with Gasteiger partial charge in [-0.25, -0.2) is 0 Å². The third-order valence-corrected chi connectivity index (χ3v) is 4.83. The molecule has 106 valence electrons. The SMILES string of the molecule is COCCC(C)(C)CNCC1NCC2CCCC21. The zero-order chi connectivity index (χ0) is 13.0. The molecule has 3 atom stereocenters. The molecule has 1 heterocycles. The lowest BCUT2D eigenvalue weighted by atomic mass is 9.89. The molecule has 3 nitrogen and oxygen atoms in total. The molecule has 1 aliphatic carbocycles. The summed E-state index contributed by atoms with van der Waals surface area (Å²) in [5.41, 5.74) is 0.337. The van der Waals surface area contributed by atoms with E-state index in [4.69, 9.17) is 4.74 Å². The lowest BCUT2D eigenvalue weighted by molar-refractivity contribution is 0.150. The highest BCUT2D eigenvalue weighted by Gasteiger charge is 2.38. The van der Waals surface area contributed by atoms with Gasteiger partial charge in [-0.15, -0.1) is 0 Å². The maximum Gasteiger partial charge on any atom is 0.0467 e. The van der Waals surface area contributed by atoms with E-state index in [1.807, 2.05) is 0 Å². The first-order valence-corrected chi connectivity index (χ1v) is 7.55. The Morgan fingerprint density at radius 1 is 1.33 bits per heavy atom. The molecule has 1 saturated heterocycles. The maximum absolute atomic E-state index is 5.17. The molecule has 0 bridgehead atoms. The van der Waals surface area contributed by atoms with E-state index in [1.165, 1.54) is 25.8 Å². The molecule has 3 heteroatoms. The molecular weight excluding hydrogens is 224 g/mol. The van der Waals surface area contributed by atoms with Gasteiger partial charge in [-0.05, 0) is 43.1 Å². The molecule has 0 aromatic heterocycles. The van der Waals surface area contributed by atoms with Crippen molar-refractivity contribution in [3.63, 3.8) is 0 Å². The topological polar surface area (TPSA) is 33.3 Å². The van der Waals surface area contributed by atoms with Crippen molar-refractivity contribution in [3.8, 4) is 0 Å². The molecule has 2 fully saturated rings. The van der Waals surface area contributed by atoms with Gasteiger partial charge < -0.3 is 15.4 Å². The van der Waals surface area contributed by atoms with Crippen molar-refractivity contribution in [2.75, 3.05) is 33.4 Å². The highest BCUT2D eigenvalue weighted by Crippen LogP contribution is 2.37. The zero-order valence-electron chi connectivity index (χ0n) is 12.3. The predicted molar refractivity (Wildman–Crippen MR) is 75.8 cm³/mol. The minimum Gasteiger partial charge on any atom is -0.385 e. The Balaban J connectivity index is 1.66. The summed E-state index contributed by atoms with van der Waals surface area (Å²) in [5.74, 6) is 1.91. The van der Waals surface area contributed by atoms with E-state index in [-0.39, 0.29) is 0 Å². The second kappa shape index (κ2) is 6.36. The minimum atomic E-state index is 0.337. The van der Waals surface area contributed by atoms with Crippen LogP contribution in [0.5, 0.6) is 0 Å². The van der Waals surface area contributed by atoms with Gasteiger partial charge in [-0.2, -0.15) is 0 Å². The van der Waals surface area contributed by atoms with Gasteiger partial charge in [0.1, 0.15) is 0 Å². The highest BCUT2D eigenvalue weighted by atomic mass is 16.5. The van der Waals surface area contributed by atoms with E-state index in [0.717, 1.165) is 44.0 Å². The first kappa shape index (κ1) is 14.3. The zero-order valence-corrected chi connectivity index (χ0v) is 12.3. The summed E-state index contributed by atoms with van der Waals surface area (Å²) in [5, 5.41) is 7.37. The van der Waals surface area contributed by atoms with E-state index < -0.39 is 0 Å². The third-order valence-electron chi connectivity index (χ3n) is 4.83. The molecular formula is C15H30N2O. The smallest absolute Gasteiger partial charge is 0.0467 e. The molecule has 2 aliphatic rings. The van der Waals surface area contributed by atoms with Crippen LogP contribution in [0.15, 0.2) is 0 Å². The van der Waals surface area contributed by atoms with Crippen molar-refractivity contribution in [2.45, 2.75) is 45.6 Å². The van der Waals surface area contributed by atoms with E-state index in [9.17, 15) is 0 Å². The summed E-state index contributed by atoms with van der Waals surface area (Å²) in [6.07, 6.45) is 5.47. The van der Waals surface area contributed by atoms with Gasteiger partial charge in [-0.1, -0.05) is 20.3 Å². The van der Waals surface area contributed by atoms with Crippen LogP contribution in [0.4, 0.5) is 0 Å². The lowest BCUT2D eigenvalue weighted by Crippen LogP contribution is -2.41. The number of hydrogen-bond donors (Lipinski definition) is 2. The van der Waals surface area contributed by atoms with Crippen LogP contribution >= 0.6 is 0 Å². The number of nitrogens with one attached hydrogen (secondary N) is 2. The fourth-order valence-electron chi connectivity index (χ4n) is 3.56. The number of rotatable bonds is 7. The standard InChI is InChI=1S/C15H30N2O/c1-15(2,7-8-18-3)11-16-10-14-13-6-4-5-12(13)9-17-14/h12-14,16-17H,4-11H2,1-3H3. The summed E-state index contributed by atoms with van der Waals surface area (Å²) >= 11 is 0. The monoisotopic (exact) mass is 254 g/mol. The fraction of sp³-hybridized carbons (Fsp3) is 1.00. The van der Waals surface area contributed by atoms with E-state index in [2.05, 4.69) is 24.5 Å². The van der Waals surface area contributed by atoms with Crippen molar-refractivity contribution in [1.82, 2.24) is 10.6 Å². The molecule has 1 aliphatic heterocycles. The number of ether oxygens (including phenoxy) is 1. The van der Waals surface area contributed by atoms with Crippen LogP contribution < -0.4 is 10.6 Å². The quantitative estimate of drug-likeness (QED) is 0.729. The minimum absolute atomic E-state index is 0.337. The van der Waals surface area contributed by atoms with Crippen molar-refractivity contribution < 1.29 is 4.74 Å². The van der Waals surface area contributed by atoms with Gasteiger partial charge in [-0.3, -0.25) is 0 Å². The molecule has 0 aromatic carbocycles. The van der Waals surface area contributed by atoms with Gasteiger partial charge in [0.2, 0.25) is 0 Å². The second-order valence-electron chi connectivity index (χ2n) is 6.91. The second-order valence-corrected chi connectivity index (χ2v) is 6.91. The highest BCUT2D eigenvalue weighted by molar-refractivity contribution is 4.95. The summed E-state index contributed by atoms with van der Waals surface area (Å²) < 4.78 is 5.17. The number of hydrogen-bond acceptors (Lipinski definition) is 3. The Morgan fingerprint density at radius 2 is 2.17 bits per heavy atom.